The minimum absolute atomic E-state index is 0.0323. The maximum Gasteiger partial charge on any atom is 0.225 e. The highest BCUT2D eigenvalue weighted by Gasteiger charge is 2.17. The molecule has 0 bridgehead atoms. The average Bonchev–Trinajstić information content (AvgIpc) is 3.09. The molecule has 1 atom stereocenters. The van der Waals surface area contributed by atoms with E-state index in [0.717, 1.165) is 12.1 Å². The van der Waals surface area contributed by atoms with Crippen LogP contribution >= 0.6 is 11.6 Å². The van der Waals surface area contributed by atoms with E-state index in [1.54, 1.807) is 18.5 Å². The lowest BCUT2D eigenvalue weighted by Gasteiger charge is -2.18. The number of nitrogens with zero attached hydrogens (tertiary/aromatic N) is 2. The molecule has 2 heterocycles. The summed E-state index contributed by atoms with van der Waals surface area (Å²) in [7, 11) is 0. The Morgan fingerprint density at radius 2 is 1.88 bits per heavy atom. The van der Waals surface area contributed by atoms with Crippen LogP contribution in [0.4, 0.5) is 5.69 Å². The monoisotopic (exact) mass is 339 g/mol. The molecule has 5 heteroatoms. The largest absolute Gasteiger partial charge is 0.354 e. The molecule has 0 saturated carbocycles. The predicted octanol–water partition coefficient (Wildman–Crippen LogP) is 4.35. The number of nitrogens with one attached hydrogen (secondary N) is 1. The molecule has 1 aromatic carbocycles. The maximum atomic E-state index is 12.4. The Morgan fingerprint density at radius 1 is 1.12 bits per heavy atom. The fourth-order valence-electron chi connectivity index (χ4n) is 2.64. The fourth-order valence-corrected chi connectivity index (χ4v) is 2.77. The molecule has 122 valence electrons. The molecule has 0 radical (unpaired) electrons. The number of amides is 1. The van der Waals surface area contributed by atoms with Crippen LogP contribution in [0, 0.1) is 0 Å². The molecule has 0 aliphatic rings. The zero-order valence-electron chi connectivity index (χ0n) is 13.1. The lowest BCUT2D eigenvalue weighted by molar-refractivity contribution is -0.116. The third-order valence-corrected chi connectivity index (χ3v) is 4.07. The minimum Gasteiger partial charge on any atom is -0.354 e. The number of anilines is 1. The number of hydrogen-bond donors (Lipinski definition) is 1. The van der Waals surface area contributed by atoms with Crippen molar-refractivity contribution in [3.63, 3.8) is 0 Å². The summed E-state index contributed by atoms with van der Waals surface area (Å²) in [6.07, 6.45) is 7.71. The Morgan fingerprint density at radius 3 is 2.54 bits per heavy atom. The van der Waals surface area contributed by atoms with Gasteiger partial charge in [-0.15, -0.1) is 0 Å². The van der Waals surface area contributed by atoms with Crippen LogP contribution in [0.5, 0.6) is 0 Å². The number of halogens is 1. The molecular weight excluding hydrogens is 322 g/mol. The average molecular weight is 340 g/mol. The molecule has 3 aromatic rings. The molecule has 4 nitrogen and oxygen atoms in total. The number of carbonyl (C=O) groups excluding carboxylic acids is 1. The second-order valence-electron chi connectivity index (χ2n) is 5.62. The first-order valence-electron chi connectivity index (χ1n) is 7.77. The second kappa shape index (κ2) is 7.79. The van der Waals surface area contributed by atoms with Crippen molar-refractivity contribution < 1.29 is 4.79 Å². The Balaban J connectivity index is 1.74. The molecule has 0 aliphatic heterocycles. The summed E-state index contributed by atoms with van der Waals surface area (Å²) in [5, 5.41) is 3.59. The van der Waals surface area contributed by atoms with Crippen molar-refractivity contribution in [3.8, 4) is 0 Å². The quantitative estimate of drug-likeness (QED) is 0.725. The van der Waals surface area contributed by atoms with E-state index >= 15 is 0 Å². The Bertz CT molecular complexity index is 770. The van der Waals surface area contributed by atoms with E-state index in [1.807, 2.05) is 54.9 Å². The van der Waals surface area contributed by atoms with E-state index in [4.69, 9.17) is 11.6 Å². The summed E-state index contributed by atoms with van der Waals surface area (Å²) in [5.41, 5.74) is 1.80. The van der Waals surface area contributed by atoms with E-state index in [2.05, 4.69) is 14.9 Å². The van der Waals surface area contributed by atoms with Gasteiger partial charge in [-0.1, -0.05) is 23.7 Å². The molecular formula is C19H18ClN3O. The normalized spacial score (nSPS) is 11.9. The van der Waals surface area contributed by atoms with Crippen LogP contribution in [0.25, 0.3) is 0 Å². The van der Waals surface area contributed by atoms with Gasteiger partial charge in [0.25, 0.3) is 0 Å². The van der Waals surface area contributed by atoms with Crippen molar-refractivity contribution in [3.05, 3.63) is 83.9 Å². The van der Waals surface area contributed by atoms with Gasteiger partial charge in [0, 0.05) is 42.5 Å². The van der Waals surface area contributed by atoms with Crippen LogP contribution in [0.2, 0.25) is 5.02 Å². The molecule has 0 spiro atoms. The number of benzene rings is 1. The molecule has 0 saturated heterocycles. The smallest absolute Gasteiger partial charge is 0.225 e. The zero-order valence-corrected chi connectivity index (χ0v) is 13.9. The minimum atomic E-state index is -0.0323. The maximum absolute atomic E-state index is 12.4. The van der Waals surface area contributed by atoms with Crippen LogP contribution in [0.1, 0.15) is 17.9 Å². The highest BCUT2D eigenvalue weighted by molar-refractivity contribution is 6.30. The van der Waals surface area contributed by atoms with Gasteiger partial charge >= 0.3 is 0 Å². The fraction of sp³-hybridized carbons (Fsp3) is 0.158. The molecule has 1 amide bonds. The standard InChI is InChI=1S/C19H18ClN3O/c20-17-7-5-15(6-8-17)16(14-23-10-1-2-11-23)12-19(24)22-18-4-3-9-21-13-18/h1-11,13,16H,12,14H2,(H,22,24)/t16-/m0/s1. The highest BCUT2D eigenvalue weighted by atomic mass is 35.5. The highest BCUT2D eigenvalue weighted by Crippen LogP contribution is 2.24. The van der Waals surface area contributed by atoms with Gasteiger partial charge in [-0.25, -0.2) is 0 Å². The number of carbonyl (C=O) groups is 1. The van der Waals surface area contributed by atoms with Crippen LogP contribution in [0.15, 0.2) is 73.3 Å². The van der Waals surface area contributed by atoms with Gasteiger partial charge in [-0.05, 0) is 42.0 Å². The Hall–Kier alpha value is -2.59. The Labute approximate surface area is 146 Å². The van der Waals surface area contributed by atoms with Gasteiger partial charge in [-0.2, -0.15) is 0 Å². The van der Waals surface area contributed by atoms with Gasteiger partial charge < -0.3 is 9.88 Å². The van der Waals surface area contributed by atoms with Crippen LogP contribution < -0.4 is 5.32 Å². The molecule has 3 rings (SSSR count). The third kappa shape index (κ3) is 4.46. The van der Waals surface area contributed by atoms with E-state index in [1.165, 1.54) is 0 Å². The number of pyridine rings is 1. The molecule has 0 unspecified atom stereocenters. The van der Waals surface area contributed by atoms with Crippen LogP contribution in [-0.4, -0.2) is 15.5 Å². The van der Waals surface area contributed by atoms with Crippen molar-refractivity contribution in [1.29, 1.82) is 0 Å². The topological polar surface area (TPSA) is 46.9 Å². The van der Waals surface area contributed by atoms with Crippen molar-refractivity contribution in [2.75, 3.05) is 5.32 Å². The van der Waals surface area contributed by atoms with Gasteiger partial charge in [0.2, 0.25) is 5.91 Å². The van der Waals surface area contributed by atoms with Crippen LogP contribution in [-0.2, 0) is 11.3 Å². The summed E-state index contributed by atoms with van der Waals surface area (Å²) in [6.45, 7) is 0.731. The van der Waals surface area contributed by atoms with E-state index in [0.29, 0.717) is 17.1 Å². The number of rotatable bonds is 6. The summed E-state index contributed by atoms with van der Waals surface area (Å²) in [6, 6.07) is 15.3. The van der Waals surface area contributed by atoms with E-state index < -0.39 is 0 Å². The van der Waals surface area contributed by atoms with Gasteiger partial charge in [-0.3, -0.25) is 9.78 Å². The summed E-state index contributed by atoms with van der Waals surface area (Å²) in [4.78, 5) is 16.4. The van der Waals surface area contributed by atoms with Gasteiger partial charge in [0.1, 0.15) is 0 Å². The molecule has 0 aliphatic carbocycles. The molecule has 1 N–H and O–H groups in total. The first-order valence-corrected chi connectivity index (χ1v) is 8.14. The van der Waals surface area contributed by atoms with Crippen LogP contribution in [0.3, 0.4) is 0 Å². The Kier molecular flexibility index (Phi) is 5.29. The predicted molar refractivity (Wildman–Crippen MR) is 96.1 cm³/mol. The number of aromatic nitrogens is 2. The summed E-state index contributed by atoms with van der Waals surface area (Å²) in [5.74, 6) is 0.0291. The van der Waals surface area contributed by atoms with Crippen molar-refractivity contribution >= 4 is 23.2 Å². The first-order chi connectivity index (χ1) is 11.7. The number of hydrogen-bond acceptors (Lipinski definition) is 2. The van der Waals surface area contributed by atoms with Crippen molar-refractivity contribution in [2.45, 2.75) is 18.9 Å². The van der Waals surface area contributed by atoms with E-state index in [-0.39, 0.29) is 11.8 Å². The zero-order chi connectivity index (χ0) is 16.8. The SMILES string of the molecule is O=C(C[C@@H](Cn1cccc1)c1ccc(Cl)cc1)Nc1cccnc1. The second-order valence-corrected chi connectivity index (χ2v) is 6.06. The summed E-state index contributed by atoms with van der Waals surface area (Å²) < 4.78 is 2.08. The lowest BCUT2D eigenvalue weighted by Crippen LogP contribution is -2.18. The van der Waals surface area contributed by atoms with Gasteiger partial charge in [0.15, 0.2) is 0 Å². The molecule has 0 fully saturated rings. The first kappa shape index (κ1) is 16.3. The van der Waals surface area contributed by atoms with Crippen molar-refractivity contribution in [1.82, 2.24) is 9.55 Å². The van der Waals surface area contributed by atoms with E-state index in [9.17, 15) is 4.79 Å². The lowest BCUT2D eigenvalue weighted by atomic mass is 9.95. The van der Waals surface area contributed by atoms with Gasteiger partial charge in [0.05, 0.1) is 11.9 Å². The molecule has 2 aromatic heterocycles. The molecule has 24 heavy (non-hydrogen) atoms. The summed E-state index contributed by atoms with van der Waals surface area (Å²) >= 11 is 5.98. The third-order valence-electron chi connectivity index (χ3n) is 3.82. The van der Waals surface area contributed by atoms with Crippen molar-refractivity contribution in [2.24, 2.45) is 0 Å².